The average molecular weight is 208 g/mol. The highest BCUT2D eigenvalue weighted by atomic mass is 35.5. The lowest BCUT2D eigenvalue weighted by atomic mass is 10.1. The topological polar surface area (TPSA) is 0 Å². The third-order valence-corrected chi connectivity index (χ3v) is 2.86. The summed E-state index contributed by atoms with van der Waals surface area (Å²) in [6.45, 7) is 3.68. The van der Waals surface area contributed by atoms with Gasteiger partial charge in [-0.05, 0) is 25.0 Å². The SMILES string of the molecule is Cc1c(Cl)[c]c(Cl)c(C)c1Cl. The van der Waals surface area contributed by atoms with Gasteiger partial charge in [0, 0.05) is 11.1 Å². The minimum absolute atomic E-state index is 0.491. The Labute approximate surface area is 81.1 Å². The van der Waals surface area contributed by atoms with E-state index in [0.717, 1.165) is 11.1 Å². The van der Waals surface area contributed by atoms with Crippen LogP contribution in [0.5, 0.6) is 0 Å². The van der Waals surface area contributed by atoms with Crippen molar-refractivity contribution in [1.82, 2.24) is 0 Å². The molecule has 0 amide bonds. The van der Waals surface area contributed by atoms with E-state index in [2.05, 4.69) is 6.07 Å². The van der Waals surface area contributed by atoms with Gasteiger partial charge in [-0.2, -0.15) is 0 Å². The second kappa shape index (κ2) is 3.22. The van der Waals surface area contributed by atoms with Crippen LogP contribution in [-0.2, 0) is 0 Å². The Balaban J connectivity index is 3.46. The van der Waals surface area contributed by atoms with E-state index in [1.54, 1.807) is 0 Å². The standard InChI is InChI=1S/C8H6Cl3/c1-4-6(9)3-7(10)5(2)8(4)11/h1-2H3. The molecule has 11 heavy (non-hydrogen) atoms. The fraction of sp³-hybridized carbons (Fsp3) is 0.250. The molecule has 0 aromatic heterocycles. The number of hydrogen-bond acceptors (Lipinski definition) is 0. The van der Waals surface area contributed by atoms with Gasteiger partial charge in [0.25, 0.3) is 0 Å². The zero-order valence-electron chi connectivity index (χ0n) is 6.13. The third kappa shape index (κ3) is 1.64. The molecule has 0 unspecified atom stereocenters. The van der Waals surface area contributed by atoms with Crippen LogP contribution in [0.1, 0.15) is 11.1 Å². The van der Waals surface area contributed by atoms with Gasteiger partial charge in [0.1, 0.15) is 0 Å². The van der Waals surface area contributed by atoms with Crippen molar-refractivity contribution in [3.63, 3.8) is 0 Å². The Morgan fingerprint density at radius 2 is 1.27 bits per heavy atom. The predicted molar refractivity (Wildman–Crippen MR) is 49.8 cm³/mol. The summed E-state index contributed by atoms with van der Waals surface area (Å²) in [6, 6.07) is 2.79. The molecule has 59 valence electrons. The van der Waals surface area contributed by atoms with E-state index in [1.807, 2.05) is 13.8 Å². The van der Waals surface area contributed by atoms with Crippen molar-refractivity contribution in [1.29, 1.82) is 0 Å². The van der Waals surface area contributed by atoms with Crippen molar-refractivity contribution in [2.24, 2.45) is 0 Å². The van der Waals surface area contributed by atoms with Crippen molar-refractivity contribution >= 4 is 34.8 Å². The summed E-state index contributed by atoms with van der Waals surface area (Å²) in [7, 11) is 0. The maximum Gasteiger partial charge on any atom is 0.0544 e. The maximum atomic E-state index is 5.90. The highest BCUT2D eigenvalue weighted by Gasteiger charge is 2.07. The maximum absolute atomic E-state index is 5.90. The molecular weight excluding hydrogens is 202 g/mol. The molecule has 1 aromatic carbocycles. The van der Waals surface area contributed by atoms with Crippen molar-refractivity contribution in [2.45, 2.75) is 13.8 Å². The van der Waals surface area contributed by atoms with Gasteiger partial charge in [0.2, 0.25) is 0 Å². The Hall–Kier alpha value is 0.0900. The molecule has 0 spiro atoms. The first kappa shape index (κ1) is 9.18. The molecule has 0 aliphatic rings. The fourth-order valence-electron chi connectivity index (χ4n) is 0.758. The summed E-state index contributed by atoms with van der Waals surface area (Å²) in [5.41, 5.74) is 1.66. The highest BCUT2D eigenvalue weighted by molar-refractivity contribution is 6.40. The van der Waals surface area contributed by atoms with Gasteiger partial charge in [0.05, 0.1) is 10.0 Å². The van der Waals surface area contributed by atoms with Crippen molar-refractivity contribution < 1.29 is 0 Å². The second-order valence-corrected chi connectivity index (χ2v) is 3.45. The number of rotatable bonds is 0. The van der Waals surface area contributed by atoms with Crippen LogP contribution >= 0.6 is 34.8 Å². The quantitative estimate of drug-likeness (QED) is 0.603. The largest absolute Gasteiger partial charge is 0.0836 e. The lowest BCUT2D eigenvalue weighted by Crippen LogP contribution is -1.84. The van der Waals surface area contributed by atoms with Gasteiger partial charge in [-0.3, -0.25) is 0 Å². The van der Waals surface area contributed by atoms with Crippen LogP contribution in [0.25, 0.3) is 0 Å². The number of hydrogen-bond donors (Lipinski definition) is 0. The molecule has 1 aromatic rings. The van der Waals surface area contributed by atoms with Gasteiger partial charge in [-0.1, -0.05) is 34.8 Å². The summed E-state index contributed by atoms with van der Waals surface area (Å²) in [4.78, 5) is 0. The van der Waals surface area contributed by atoms with Crippen LogP contribution in [0.15, 0.2) is 0 Å². The van der Waals surface area contributed by atoms with E-state index in [-0.39, 0.29) is 0 Å². The zero-order chi connectivity index (χ0) is 8.59. The molecule has 0 fully saturated rings. The first-order valence-electron chi connectivity index (χ1n) is 3.07. The molecule has 3 heteroatoms. The third-order valence-electron chi connectivity index (χ3n) is 1.54. The van der Waals surface area contributed by atoms with Crippen molar-refractivity contribution in [3.05, 3.63) is 32.3 Å². The molecule has 0 nitrogen and oxygen atoms in total. The lowest BCUT2D eigenvalue weighted by molar-refractivity contribution is 1.38. The molecule has 0 aliphatic heterocycles. The van der Waals surface area contributed by atoms with Gasteiger partial charge in [0.15, 0.2) is 0 Å². The molecule has 1 radical (unpaired) electrons. The molecule has 0 N–H and O–H groups in total. The van der Waals surface area contributed by atoms with E-state index in [9.17, 15) is 0 Å². The van der Waals surface area contributed by atoms with E-state index in [1.165, 1.54) is 0 Å². The molecule has 0 bridgehead atoms. The predicted octanol–water partition coefficient (Wildman–Crippen LogP) is 4.06. The van der Waals surface area contributed by atoms with Crippen molar-refractivity contribution in [3.8, 4) is 0 Å². The van der Waals surface area contributed by atoms with Gasteiger partial charge in [-0.25, -0.2) is 0 Å². The average Bonchev–Trinajstić information content (AvgIpc) is 1.97. The molecule has 0 atom stereocenters. The molecule has 1 rings (SSSR count). The van der Waals surface area contributed by atoms with Crippen LogP contribution in [0.2, 0.25) is 15.1 Å². The van der Waals surface area contributed by atoms with Crippen LogP contribution in [0, 0.1) is 19.9 Å². The number of benzene rings is 1. The Morgan fingerprint density at radius 3 is 1.64 bits per heavy atom. The van der Waals surface area contributed by atoms with Crippen LogP contribution in [0.3, 0.4) is 0 Å². The van der Waals surface area contributed by atoms with Gasteiger partial charge < -0.3 is 0 Å². The minimum atomic E-state index is 0.491. The molecule has 0 aliphatic carbocycles. The van der Waals surface area contributed by atoms with E-state index in [0.29, 0.717) is 15.1 Å². The lowest BCUT2D eigenvalue weighted by Gasteiger charge is -2.05. The molecule has 0 heterocycles. The first-order valence-corrected chi connectivity index (χ1v) is 4.20. The fourth-order valence-corrected chi connectivity index (χ4v) is 1.47. The molecule has 0 saturated heterocycles. The molecule has 0 saturated carbocycles. The summed E-state index contributed by atoms with van der Waals surface area (Å²) in [5, 5.41) is 1.61. The monoisotopic (exact) mass is 207 g/mol. The van der Waals surface area contributed by atoms with Crippen LogP contribution in [-0.4, -0.2) is 0 Å². The van der Waals surface area contributed by atoms with Crippen LogP contribution < -0.4 is 0 Å². The van der Waals surface area contributed by atoms with E-state index >= 15 is 0 Å². The van der Waals surface area contributed by atoms with E-state index in [4.69, 9.17) is 34.8 Å². The zero-order valence-corrected chi connectivity index (χ0v) is 8.40. The Bertz CT molecular complexity index is 266. The molecular formula is C8H6Cl3. The van der Waals surface area contributed by atoms with Gasteiger partial charge >= 0.3 is 0 Å². The Morgan fingerprint density at radius 1 is 0.909 bits per heavy atom. The summed E-state index contributed by atoms with van der Waals surface area (Å²) < 4.78 is 0. The smallest absolute Gasteiger partial charge is 0.0544 e. The second-order valence-electron chi connectivity index (χ2n) is 2.32. The normalized spacial score (nSPS) is 10.3. The minimum Gasteiger partial charge on any atom is -0.0836 e. The number of halogens is 3. The summed E-state index contributed by atoms with van der Waals surface area (Å²) in [6.07, 6.45) is 0. The highest BCUT2D eigenvalue weighted by Crippen LogP contribution is 2.31. The summed E-state index contributed by atoms with van der Waals surface area (Å²) in [5.74, 6) is 0. The summed E-state index contributed by atoms with van der Waals surface area (Å²) >= 11 is 17.4. The van der Waals surface area contributed by atoms with E-state index < -0.39 is 0 Å². The first-order chi connectivity index (χ1) is 5.04. The van der Waals surface area contributed by atoms with Gasteiger partial charge in [-0.15, -0.1) is 0 Å². The Kier molecular flexibility index (Phi) is 2.69. The van der Waals surface area contributed by atoms with Crippen LogP contribution in [0.4, 0.5) is 0 Å². The van der Waals surface area contributed by atoms with Crippen molar-refractivity contribution in [2.75, 3.05) is 0 Å².